The van der Waals surface area contributed by atoms with Crippen molar-refractivity contribution in [3.63, 3.8) is 0 Å². The highest BCUT2D eigenvalue weighted by molar-refractivity contribution is 7.98. The van der Waals surface area contributed by atoms with Crippen LogP contribution in [0.25, 0.3) is 0 Å². The van der Waals surface area contributed by atoms with Crippen LogP contribution in [0.2, 0.25) is 0 Å². The summed E-state index contributed by atoms with van der Waals surface area (Å²) in [6.45, 7) is 4.13. The van der Waals surface area contributed by atoms with Crippen LogP contribution in [0.15, 0.2) is 23.1 Å². The van der Waals surface area contributed by atoms with Gasteiger partial charge in [0.25, 0.3) is 0 Å². The van der Waals surface area contributed by atoms with Crippen molar-refractivity contribution in [1.82, 2.24) is 4.72 Å². The second-order valence-electron chi connectivity index (χ2n) is 4.25. The third-order valence-electron chi connectivity index (χ3n) is 2.49. The number of hydrogen-bond acceptors (Lipinski definition) is 5. The molecule has 1 atom stereocenters. The Hall–Kier alpha value is -0.920. The fourth-order valence-corrected chi connectivity index (χ4v) is 3.31. The number of nitrogens with two attached hydrogens (primary N) is 1. The molecular formula is C12H21N3O2S2. The van der Waals surface area contributed by atoms with Crippen molar-refractivity contribution in [2.24, 2.45) is 0 Å². The molecule has 0 amide bonds. The molecule has 0 aliphatic heterocycles. The average Bonchev–Trinajstić information content (AvgIpc) is 2.32. The first kappa shape index (κ1) is 16.1. The first-order valence-electron chi connectivity index (χ1n) is 6.05. The Morgan fingerprint density at radius 3 is 2.68 bits per heavy atom. The maximum absolute atomic E-state index is 11.9. The molecule has 5 nitrogen and oxygen atoms in total. The smallest absolute Gasteiger partial charge is 0.240 e. The van der Waals surface area contributed by atoms with E-state index < -0.39 is 10.0 Å². The van der Waals surface area contributed by atoms with Crippen molar-refractivity contribution < 1.29 is 8.42 Å². The Kier molecular flexibility index (Phi) is 5.96. The number of nitrogen functional groups attached to an aromatic ring is 1. The van der Waals surface area contributed by atoms with Crippen LogP contribution in [0.5, 0.6) is 0 Å². The molecule has 7 heteroatoms. The van der Waals surface area contributed by atoms with Gasteiger partial charge in [-0.25, -0.2) is 13.1 Å². The summed E-state index contributed by atoms with van der Waals surface area (Å²) in [5, 5.41) is 3.23. The molecule has 0 bridgehead atoms. The van der Waals surface area contributed by atoms with Gasteiger partial charge in [-0.05, 0) is 31.4 Å². The van der Waals surface area contributed by atoms with Crippen molar-refractivity contribution in [3.05, 3.63) is 18.2 Å². The summed E-state index contributed by atoms with van der Waals surface area (Å²) < 4.78 is 26.3. The highest BCUT2D eigenvalue weighted by Crippen LogP contribution is 2.23. The Labute approximate surface area is 119 Å². The van der Waals surface area contributed by atoms with E-state index in [0.29, 0.717) is 17.9 Å². The van der Waals surface area contributed by atoms with Gasteiger partial charge in [-0.1, -0.05) is 6.92 Å². The molecule has 1 aromatic carbocycles. The van der Waals surface area contributed by atoms with Gasteiger partial charge in [-0.2, -0.15) is 11.8 Å². The summed E-state index contributed by atoms with van der Waals surface area (Å²) in [5.41, 5.74) is 7.06. The van der Waals surface area contributed by atoms with Gasteiger partial charge in [0.1, 0.15) is 0 Å². The van der Waals surface area contributed by atoms with Crippen LogP contribution < -0.4 is 15.8 Å². The normalized spacial score (nSPS) is 13.2. The first-order valence-corrected chi connectivity index (χ1v) is 8.93. The van der Waals surface area contributed by atoms with Gasteiger partial charge >= 0.3 is 0 Å². The van der Waals surface area contributed by atoms with Crippen LogP contribution in [0.1, 0.15) is 13.8 Å². The number of sulfonamides is 1. The number of rotatable bonds is 7. The predicted molar refractivity (Wildman–Crippen MR) is 83.2 cm³/mol. The molecule has 0 spiro atoms. The lowest BCUT2D eigenvalue weighted by Gasteiger charge is -2.17. The minimum Gasteiger partial charge on any atom is -0.397 e. The van der Waals surface area contributed by atoms with E-state index >= 15 is 0 Å². The van der Waals surface area contributed by atoms with E-state index in [1.807, 2.05) is 13.2 Å². The van der Waals surface area contributed by atoms with Crippen LogP contribution in [0.3, 0.4) is 0 Å². The fourth-order valence-electron chi connectivity index (χ4n) is 1.66. The number of nitrogens with one attached hydrogen (secondary N) is 2. The van der Waals surface area contributed by atoms with E-state index in [0.717, 1.165) is 5.75 Å². The Balaban J connectivity index is 3.01. The molecule has 0 heterocycles. The SMILES string of the molecule is CCNS(=O)(=O)c1ccc(N)c(NC(C)CSC)c1. The molecule has 0 aromatic heterocycles. The number of hydrogen-bond donors (Lipinski definition) is 3. The van der Waals surface area contributed by atoms with Crippen LogP contribution in [-0.2, 0) is 10.0 Å². The first-order chi connectivity index (χ1) is 8.90. The van der Waals surface area contributed by atoms with E-state index in [-0.39, 0.29) is 10.9 Å². The van der Waals surface area contributed by atoms with E-state index in [9.17, 15) is 8.42 Å². The van der Waals surface area contributed by atoms with Crippen LogP contribution >= 0.6 is 11.8 Å². The lowest BCUT2D eigenvalue weighted by molar-refractivity contribution is 0.584. The van der Waals surface area contributed by atoms with Gasteiger partial charge in [0.2, 0.25) is 10.0 Å². The predicted octanol–water partition coefficient (Wildman–Crippen LogP) is 1.73. The molecule has 108 valence electrons. The number of thioether (sulfide) groups is 1. The molecular weight excluding hydrogens is 282 g/mol. The van der Waals surface area contributed by atoms with Crippen LogP contribution in [-0.4, -0.2) is 33.0 Å². The molecule has 0 saturated heterocycles. The molecule has 0 fully saturated rings. The third kappa shape index (κ3) is 4.59. The molecule has 4 N–H and O–H groups in total. The minimum absolute atomic E-state index is 0.217. The summed E-state index contributed by atoms with van der Waals surface area (Å²) in [4.78, 5) is 0.224. The van der Waals surface area contributed by atoms with E-state index in [2.05, 4.69) is 10.0 Å². The summed E-state index contributed by atoms with van der Waals surface area (Å²) in [5.74, 6) is 0.920. The standard InChI is InChI=1S/C12H21N3O2S2/c1-4-14-19(16,17)10-5-6-11(13)12(7-10)15-9(2)8-18-3/h5-7,9,14-15H,4,8,13H2,1-3H3. The van der Waals surface area contributed by atoms with Gasteiger partial charge < -0.3 is 11.1 Å². The van der Waals surface area contributed by atoms with Crippen molar-refractivity contribution in [2.45, 2.75) is 24.8 Å². The third-order valence-corrected chi connectivity index (χ3v) is 4.86. The molecule has 0 radical (unpaired) electrons. The average molecular weight is 303 g/mol. The van der Waals surface area contributed by atoms with E-state index in [1.54, 1.807) is 30.8 Å². The maximum atomic E-state index is 11.9. The van der Waals surface area contributed by atoms with Gasteiger partial charge in [-0.15, -0.1) is 0 Å². The minimum atomic E-state index is -3.45. The zero-order valence-electron chi connectivity index (χ0n) is 11.4. The Bertz CT molecular complexity index is 518. The zero-order chi connectivity index (χ0) is 14.5. The van der Waals surface area contributed by atoms with Crippen molar-refractivity contribution in [1.29, 1.82) is 0 Å². The quantitative estimate of drug-likeness (QED) is 0.668. The number of anilines is 2. The van der Waals surface area contributed by atoms with E-state index in [4.69, 9.17) is 5.73 Å². The second-order valence-corrected chi connectivity index (χ2v) is 6.93. The van der Waals surface area contributed by atoms with E-state index in [1.165, 1.54) is 6.07 Å². The molecule has 19 heavy (non-hydrogen) atoms. The zero-order valence-corrected chi connectivity index (χ0v) is 13.1. The van der Waals surface area contributed by atoms with Crippen molar-refractivity contribution in [3.8, 4) is 0 Å². The number of benzene rings is 1. The molecule has 0 aliphatic rings. The fraction of sp³-hybridized carbons (Fsp3) is 0.500. The Morgan fingerprint density at radius 1 is 1.42 bits per heavy atom. The summed E-state index contributed by atoms with van der Waals surface area (Å²) in [6, 6.07) is 4.91. The summed E-state index contributed by atoms with van der Waals surface area (Å²) in [6.07, 6.45) is 2.02. The monoisotopic (exact) mass is 303 g/mol. The molecule has 1 unspecified atom stereocenters. The van der Waals surface area contributed by atoms with Crippen molar-refractivity contribution >= 4 is 33.2 Å². The highest BCUT2D eigenvalue weighted by atomic mass is 32.2. The second kappa shape index (κ2) is 7.02. The van der Waals surface area contributed by atoms with Gasteiger partial charge in [0, 0.05) is 18.3 Å². The lowest BCUT2D eigenvalue weighted by Crippen LogP contribution is -2.24. The molecule has 0 aliphatic carbocycles. The largest absolute Gasteiger partial charge is 0.397 e. The molecule has 1 rings (SSSR count). The lowest BCUT2D eigenvalue weighted by atomic mass is 10.2. The summed E-state index contributed by atoms with van der Waals surface area (Å²) >= 11 is 1.72. The maximum Gasteiger partial charge on any atom is 0.240 e. The highest BCUT2D eigenvalue weighted by Gasteiger charge is 2.15. The summed E-state index contributed by atoms with van der Waals surface area (Å²) in [7, 11) is -3.45. The Morgan fingerprint density at radius 2 is 2.11 bits per heavy atom. The van der Waals surface area contributed by atoms with Gasteiger partial charge in [0.15, 0.2) is 0 Å². The van der Waals surface area contributed by atoms with Crippen LogP contribution in [0.4, 0.5) is 11.4 Å². The van der Waals surface area contributed by atoms with Crippen LogP contribution in [0, 0.1) is 0 Å². The van der Waals surface area contributed by atoms with Gasteiger partial charge in [0.05, 0.1) is 16.3 Å². The van der Waals surface area contributed by atoms with Crippen molar-refractivity contribution in [2.75, 3.05) is 29.6 Å². The molecule has 0 saturated carbocycles. The van der Waals surface area contributed by atoms with Gasteiger partial charge in [-0.3, -0.25) is 0 Å². The topological polar surface area (TPSA) is 84.2 Å². The molecule has 1 aromatic rings.